The van der Waals surface area contributed by atoms with Crippen LogP contribution in [-0.4, -0.2) is 29.5 Å². The molecule has 1 aliphatic carbocycles. The Morgan fingerprint density at radius 2 is 2.38 bits per heavy atom. The highest BCUT2D eigenvalue weighted by atomic mass is 15.1. The molecule has 0 atom stereocenters. The molecule has 1 heterocycles. The smallest absolute Gasteiger partial charge is 0.0300 e. The fourth-order valence-corrected chi connectivity index (χ4v) is 1.55. The molecule has 0 radical (unpaired) electrons. The van der Waals surface area contributed by atoms with Crippen molar-refractivity contribution in [1.82, 2.24) is 9.88 Å². The second kappa shape index (κ2) is 3.88. The van der Waals surface area contributed by atoms with Crippen molar-refractivity contribution < 1.29 is 0 Å². The fraction of sp³-hybridized carbons (Fsp3) is 0.545. The maximum Gasteiger partial charge on any atom is 0.0300 e. The van der Waals surface area contributed by atoms with Crippen molar-refractivity contribution in [2.24, 2.45) is 0 Å². The second-order valence-electron chi connectivity index (χ2n) is 3.82. The van der Waals surface area contributed by atoms with Gasteiger partial charge in [0.25, 0.3) is 0 Å². The molecule has 1 fully saturated rings. The van der Waals surface area contributed by atoms with E-state index in [0.717, 1.165) is 19.0 Å². The molecule has 1 aliphatic rings. The monoisotopic (exact) mass is 176 g/mol. The first kappa shape index (κ1) is 8.70. The Morgan fingerprint density at radius 1 is 1.54 bits per heavy atom. The summed E-state index contributed by atoms with van der Waals surface area (Å²) in [6, 6.07) is 5.02. The molecule has 1 saturated carbocycles. The van der Waals surface area contributed by atoms with Crippen molar-refractivity contribution in [3.63, 3.8) is 0 Å². The minimum Gasteiger partial charge on any atom is -0.303 e. The van der Waals surface area contributed by atoms with Gasteiger partial charge in [0.15, 0.2) is 0 Å². The van der Waals surface area contributed by atoms with E-state index in [4.69, 9.17) is 0 Å². The molecule has 13 heavy (non-hydrogen) atoms. The minimum atomic E-state index is 0.872. The molecule has 0 amide bonds. The number of rotatable bonds is 4. The Hall–Kier alpha value is -0.890. The van der Waals surface area contributed by atoms with E-state index in [-0.39, 0.29) is 0 Å². The van der Waals surface area contributed by atoms with E-state index in [9.17, 15) is 0 Å². The highest BCUT2D eigenvalue weighted by molar-refractivity contribution is 5.08. The van der Waals surface area contributed by atoms with Crippen molar-refractivity contribution in [1.29, 1.82) is 0 Å². The van der Waals surface area contributed by atoms with Crippen molar-refractivity contribution in [2.45, 2.75) is 25.3 Å². The fourth-order valence-electron chi connectivity index (χ4n) is 1.55. The van der Waals surface area contributed by atoms with Crippen molar-refractivity contribution in [2.75, 3.05) is 13.6 Å². The van der Waals surface area contributed by atoms with Gasteiger partial charge in [-0.3, -0.25) is 4.98 Å². The number of likely N-dealkylation sites (N-methyl/N-ethyl adjacent to an activating group) is 1. The highest BCUT2D eigenvalue weighted by Crippen LogP contribution is 2.25. The van der Waals surface area contributed by atoms with E-state index in [1.54, 1.807) is 0 Å². The highest BCUT2D eigenvalue weighted by Gasteiger charge is 2.25. The van der Waals surface area contributed by atoms with Gasteiger partial charge < -0.3 is 4.90 Å². The molecule has 0 N–H and O–H groups in total. The van der Waals surface area contributed by atoms with Crippen molar-refractivity contribution >= 4 is 0 Å². The zero-order valence-corrected chi connectivity index (χ0v) is 8.11. The zero-order chi connectivity index (χ0) is 9.10. The van der Waals surface area contributed by atoms with E-state index < -0.39 is 0 Å². The summed E-state index contributed by atoms with van der Waals surface area (Å²) >= 11 is 0. The summed E-state index contributed by atoms with van der Waals surface area (Å²) in [4.78, 5) is 6.56. The van der Waals surface area contributed by atoms with Crippen LogP contribution in [0.25, 0.3) is 0 Å². The Balaban J connectivity index is 1.78. The normalized spacial score (nSPS) is 16.5. The molecule has 0 bridgehead atoms. The third-order valence-electron chi connectivity index (χ3n) is 2.65. The molecule has 0 saturated heterocycles. The summed E-state index contributed by atoms with van der Waals surface area (Å²) in [7, 11) is 2.22. The lowest BCUT2D eigenvalue weighted by atomic mass is 10.2. The predicted molar refractivity (Wildman–Crippen MR) is 53.6 cm³/mol. The molecule has 0 unspecified atom stereocenters. The SMILES string of the molecule is CN(CCc1cccnc1)C1CC1. The van der Waals surface area contributed by atoms with Crippen molar-refractivity contribution in [3.05, 3.63) is 30.1 Å². The van der Waals surface area contributed by atoms with Crippen LogP contribution < -0.4 is 0 Å². The number of aromatic nitrogens is 1. The lowest BCUT2D eigenvalue weighted by Crippen LogP contribution is -2.23. The molecular formula is C11H16N2. The first-order valence-corrected chi connectivity index (χ1v) is 4.95. The van der Waals surface area contributed by atoms with Crippen LogP contribution in [0.15, 0.2) is 24.5 Å². The molecule has 70 valence electrons. The summed E-state index contributed by atoms with van der Waals surface area (Å²) in [6.45, 7) is 1.16. The summed E-state index contributed by atoms with van der Waals surface area (Å²) < 4.78 is 0. The molecule has 2 heteroatoms. The van der Waals surface area contributed by atoms with Gasteiger partial charge in [-0.05, 0) is 37.9 Å². The predicted octanol–water partition coefficient (Wildman–Crippen LogP) is 1.72. The lowest BCUT2D eigenvalue weighted by molar-refractivity contribution is 0.328. The number of hydrogen-bond acceptors (Lipinski definition) is 2. The average molecular weight is 176 g/mol. The zero-order valence-electron chi connectivity index (χ0n) is 8.11. The van der Waals surface area contributed by atoms with Gasteiger partial charge in [0.05, 0.1) is 0 Å². The lowest BCUT2D eigenvalue weighted by Gasteiger charge is -2.14. The van der Waals surface area contributed by atoms with Gasteiger partial charge in [0.1, 0.15) is 0 Å². The van der Waals surface area contributed by atoms with E-state index >= 15 is 0 Å². The first-order valence-electron chi connectivity index (χ1n) is 4.95. The van der Waals surface area contributed by atoms with Crippen LogP contribution in [0.1, 0.15) is 18.4 Å². The van der Waals surface area contributed by atoms with Gasteiger partial charge in [0.2, 0.25) is 0 Å². The van der Waals surface area contributed by atoms with Gasteiger partial charge >= 0.3 is 0 Å². The molecule has 0 aliphatic heterocycles. The standard InChI is InChI=1S/C11H16N2/c1-13(11-4-5-11)8-6-10-3-2-7-12-9-10/h2-3,7,9,11H,4-6,8H2,1H3. The number of nitrogens with zero attached hydrogens (tertiary/aromatic N) is 2. The molecular weight excluding hydrogens is 160 g/mol. The van der Waals surface area contributed by atoms with Crippen LogP contribution in [0.2, 0.25) is 0 Å². The third kappa shape index (κ3) is 2.52. The van der Waals surface area contributed by atoms with Gasteiger partial charge in [-0.15, -0.1) is 0 Å². The largest absolute Gasteiger partial charge is 0.303 e. The number of hydrogen-bond donors (Lipinski definition) is 0. The Labute approximate surface area is 79.6 Å². The molecule has 2 rings (SSSR count). The van der Waals surface area contributed by atoms with Crippen LogP contribution in [-0.2, 0) is 6.42 Å². The van der Waals surface area contributed by atoms with Gasteiger partial charge in [-0.1, -0.05) is 6.07 Å². The Morgan fingerprint density at radius 3 is 3.00 bits per heavy atom. The van der Waals surface area contributed by atoms with Gasteiger partial charge in [-0.25, -0.2) is 0 Å². The molecule has 0 spiro atoms. The van der Waals surface area contributed by atoms with Crippen molar-refractivity contribution in [3.8, 4) is 0 Å². The molecule has 1 aromatic rings. The average Bonchev–Trinajstić information content (AvgIpc) is 2.99. The molecule has 2 nitrogen and oxygen atoms in total. The first-order chi connectivity index (χ1) is 6.36. The van der Waals surface area contributed by atoms with Gasteiger partial charge in [-0.2, -0.15) is 0 Å². The summed E-state index contributed by atoms with van der Waals surface area (Å²) in [5, 5.41) is 0. The maximum atomic E-state index is 4.10. The van der Waals surface area contributed by atoms with Crippen LogP contribution >= 0.6 is 0 Å². The maximum absolute atomic E-state index is 4.10. The summed E-state index contributed by atoms with van der Waals surface area (Å²) in [5.41, 5.74) is 1.34. The van der Waals surface area contributed by atoms with Crippen LogP contribution in [0.3, 0.4) is 0 Å². The topological polar surface area (TPSA) is 16.1 Å². The van der Waals surface area contributed by atoms with E-state index in [0.29, 0.717) is 0 Å². The Kier molecular flexibility index (Phi) is 2.60. The molecule has 0 aromatic carbocycles. The second-order valence-corrected chi connectivity index (χ2v) is 3.82. The summed E-state index contributed by atoms with van der Waals surface area (Å²) in [5.74, 6) is 0. The Bertz CT molecular complexity index is 254. The summed E-state index contributed by atoms with van der Waals surface area (Å²) in [6.07, 6.45) is 7.70. The van der Waals surface area contributed by atoms with Crippen LogP contribution in [0.5, 0.6) is 0 Å². The number of pyridine rings is 1. The van der Waals surface area contributed by atoms with E-state index in [1.165, 1.54) is 18.4 Å². The van der Waals surface area contributed by atoms with E-state index in [2.05, 4.69) is 23.0 Å². The van der Waals surface area contributed by atoms with Gasteiger partial charge in [0, 0.05) is 25.0 Å². The van der Waals surface area contributed by atoms with Crippen LogP contribution in [0, 0.1) is 0 Å². The van der Waals surface area contributed by atoms with E-state index in [1.807, 2.05) is 18.5 Å². The quantitative estimate of drug-likeness (QED) is 0.694. The third-order valence-corrected chi connectivity index (χ3v) is 2.65. The minimum absolute atomic E-state index is 0.872. The van der Waals surface area contributed by atoms with Crippen LogP contribution in [0.4, 0.5) is 0 Å². The molecule has 1 aromatic heterocycles.